The van der Waals surface area contributed by atoms with Gasteiger partial charge in [0.2, 0.25) is 5.91 Å². The lowest BCUT2D eigenvalue weighted by atomic mass is 9.98. The van der Waals surface area contributed by atoms with Crippen LogP contribution in [0.25, 0.3) is 11.4 Å². The van der Waals surface area contributed by atoms with Crippen molar-refractivity contribution in [3.8, 4) is 11.4 Å². The van der Waals surface area contributed by atoms with E-state index in [0.29, 0.717) is 24.5 Å². The van der Waals surface area contributed by atoms with E-state index in [9.17, 15) is 14.7 Å². The molecule has 0 bridgehead atoms. The van der Waals surface area contributed by atoms with Gasteiger partial charge in [-0.05, 0) is 17.7 Å². The van der Waals surface area contributed by atoms with E-state index < -0.39 is 11.9 Å². The van der Waals surface area contributed by atoms with Crippen LogP contribution < -0.4 is 0 Å². The highest BCUT2D eigenvalue weighted by Crippen LogP contribution is 2.31. The van der Waals surface area contributed by atoms with Gasteiger partial charge in [0.15, 0.2) is 0 Å². The number of fused-ring (bicyclic) bond motifs is 1. The Bertz CT molecular complexity index is 1010. The van der Waals surface area contributed by atoms with E-state index in [1.165, 1.54) is 12.3 Å². The van der Waals surface area contributed by atoms with E-state index in [2.05, 4.69) is 15.2 Å². The van der Waals surface area contributed by atoms with E-state index in [-0.39, 0.29) is 18.1 Å². The Labute approximate surface area is 160 Å². The van der Waals surface area contributed by atoms with Crippen LogP contribution in [0.2, 0.25) is 0 Å². The number of hydrogen-bond acceptors (Lipinski definition) is 5. The molecule has 1 aromatic carbocycles. The zero-order chi connectivity index (χ0) is 19.7. The van der Waals surface area contributed by atoms with Gasteiger partial charge in [-0.15, -0.1) is 0 Å². The number of aliphatic hydroxyl groups excluding tert-OH is 1. The molecule has 3 N–H and O–H groups in total. The number of aromatic amines is 1. The average Bonchev–Trinajstić information content (AvgIpc) is 3.30. The molecule has 0 spiro atoms. The van der Waals surface area contributed by atoms with E-state index in [4.69, 9.17) is 5.11 Å². The molecule has 28 heavy (non-hydrogen) atoms. The fourth-order valence-electron chi connectivity index (χ4n) is 3.40. The van der Waals surface area contributed by atoms with Gasteiger partial charge in [-0.25, -0.2) is 4.79 Å². The number of hydrogen-bond donors (Lipinski definition) is 3. The summed E-state index contributed by atoms with van der Waals surface area (Å²) in [6.45, 7) is 0.458. The van der Waals surface area contributed by atoms with Crippen molar-refractivity contribution in [2.45, 2.75) is 19.0 Å². The van der Waals surface area contributed by atoms with Crippen LogP contribution in [0, 0.1) is 0 Å². The van der Waals surface area contributed by atoms with E-state index >= 15 is 0 Å². The van der Waals surface area contributed by atoms with Crippen LogP contribution in [0.5, 0.6) is 0 Å². The number of carbonyl (C=O) groups is 2. The maximum atomic E-state index is 13.0. The molecule has 0 aliphatic carbocycles. The molecule has 8 heteroatoms. The van der Waals surface area contributed by atoms with E-state index in [1.807, 2.05) is 30.3 Å². The van der Waals surface area contributed by atoms with E-state index in [0.717, 1.165) is 16.8 Å². The molecule has 1 amide bonds. The largest absolute Gasteiger partial charge is 0.478 e. The number of nitrogens with one attached hydrogen (secondary N) is 1. The lowest BCUT2D eigenvalue weighted by Crippen LogP contribution is -2.32. The minimum absolute atomic E-state index is 0.0985. The SMILES string of the molecule is O=C(O)c1ccc(-c2n[nH]c3c2CN(C(=O)C(CO)c2ccccc2)C3)nc1. The molecule has 3 heterocycles. The lowest BCUT2D eigenvalue weighted by Gasteiger charge is -2.22. The summed E-state index contributed by atoms with van der Waals surface area (Å²) in [6.07, 6.45) is 1.29. The number of aromatic nitrogens is 3. The van der Waals surface area contributed by atoms with Crippen LogP contribution in [0.15, 0.2) is 48.7 Å². The molecule has 8 nitrogen and oxygen atoms in total. The predicted octanol–water partition coefficient (Wildman–Crippen LogP) is 1.79. The summed E-state index contributed by atoms with van der Waals surface area (Å²) in [5, 5.41) is 26.0. The number of carbonyl (C=O) groups excluding carboxylic acids is 1. The van der Waals surface area contributed by atoms with Gasteiger partial charge in [-0.2, -0.15) is 5.10 Å². The number of rotatable bonds is 5. The van der Waals surface area contributed by atoms with Crippen molar-refractivity contribution in [2.75, 3.05) is 6.61 Å². The van der Waals surface area contributed by atoms with Crippen molar-refractivity contribution < 1.29 is 19.8 Å². The third kappa shape index (κ3) is 3.14. The summed E-state index contributed by atoms with van der Waals surface area (Å²) in [6, 6.07) is 12.3. The molecule has 0 saturated carbocycles. The molecular weight excluding hydrogens is 360 g/mol. The summed E-state index contributed by atoms with van der Waals surface area (Å²) < 4.78 is 0. The second-order valence-electron chi connectivity index (χ2n) is 6.61. The van der Waals surface area contributed by atoms with Crippen LogP contribution in [0.4, 0.5) is 0 Å². The van der Waals surface area contributed by atoms with Gasteiger partial charge in [-0.3, -0.25) is 14.9 Å². The fraction of sp³-hybridized carbons (Fsp3) is 0.200. The number of benzene rings is 1. The lowest BCUT2D eigenvalue weighted by molar-refractivity contribution is -0.134. The monoisotopic (exact) mass is 378 g/mol. The van der Waals surface area contributed by atoms with Crippen LogP contribution >= 0.6 is 0 Å². The second-order valence-corrected chi connectivity index (χ2v) is 6.61. The summed E-state index contributed by atoms with van der Waals surface area (Å²) in [7, 11) is 0. The molecule has 1 aliphatic rings. The minimum atomic E-state index is -1.04. The first-order valence-corrected chi connectivity index (χ1v) is 8.79. The predicted molar refractivity (Wildman–Crippen MR) is 99.3 cm³/mol. The molecule has 4 rings (SSSR count). The van der Waals surface area contributed by atoms with Crippen molar-refractivity contribution in [1.82, 2.24) is 20.1 Å². The van der Waals surface area contributed by atoms with Crippen LogP contribution in [0.1, 0.15) is 33.1 Å². The second kappa shape index (κ2) is 7.24. The van der Waals surface area contributed by atoms with Gasteiger partial charge < -0.3 is 15.1 Å². The molecular formula is C20H18N4O4. The molecule has 0 saturated heterocycles. The van der Waals surface area contributed by atoms with Crippen molar-refractivity contribution >= 4 is 11.9 Å². The van der Waals surface area contributed by atoms with Crippen LogP contribution in [-0.4, -0.2) is 48.8 Å². The standard InChI is InChI=1S/C20H18N4O4/c25-11-15(12-4-2-1-3-5-12)19(26)24-9-14-17(10-24)22-23-18(14)16-7-6-13(8-21-16)20(27)28/h1-8,15,25H,9-11H2,(H,22,23)(H,27,28). The van der Waals surface area contributed by atoms with Gasteiger partial charge >= 0.3 is 5.97 Å². The normalized spacial score (nSPS) is 14.0. The number of H-pyrrole nitrogens is 1. The molecule has 1 aliphatic heterocycles. The quantitative estimate of drug-likeness (QED) is 0.623. The zero-order valence-corrected chi connectivity index (χ0v) is 14.9. The highest BCUT2D eigenvalue weighted by molar-refractivity contribution is 5.87. The fourth-order valence-corrected chi connectivity index (χ4v) is 3.40. The minimum Gasteiger partial charge on any atom is -0.478 e. The summed E-state index contributed by atoms with van der Waals surface area (Å²) >= 11 is 0. The molecule has 3 aromatic rings. The maximum Gasteiger partial charge on any atom is 0.337 e. The first-order chi connectivity index (χ1) is 13.6. The van der Waals surface area contributed by atoms with Crippen molar-refractivity contribution in [2.24, 2.45) is 0 Å². The first-order valence-electron chi connectivity index (χ1n) is 8.79. The summed E-state index contributed by atoms with van der Waals surface area (Å²) in [5.41, 5.74) is 3.68. The van der Waals surface area contributed by atoms with Gasteiger partial charge in [0.25, 0.3) is 0 Å². The molecule has 1 unspecified atom stereocenters. The summed E-state index contributed by atoms with van der Waals surface area (Å²) in [5.74, 6) is -1.81. The zero-order valence-electron chi connectivity index (χ0n) is 14.9. The Balaban J connectivity index is 1.56. The van der Waals surface area contributed by atoms with Crippen molar-refractivity contribution in [3.05, 3.63) is 71.0 Å². The third-order valence-corrected chi connectivity index (χ3v) is 4.90. The Kier molecular flexibility index (Phi) is 4.62. The number of carboxylic acid groups (broad SMARTS) is 1. The molecule has 142 valence electrons. The molecule has 2 aromatic heterocycles. The molecule has 1 atom stereocenters. The van der Waals surface area contributed by atoms with Crippen molar-refractivity contribution in [3.63, 3.8) is 0 Å². The topological polar surface area (TPSA) is 119 Å². The van der Waals surface area contributed by atoms with Gasteiger partial charge in [-0.1, -0.05) is 30.3 Å². The average molecular weight is 378 g/mol. The molecule has 0 fully saturated rings. The Morgan fingerprint density at radius 3 is 2.57 bits per heavy atom. The first kappa shape index (κ1) is 17.9. The number of amides is 1. The van der Waals surface area contributed by atoms with Gasteiger partial charge in [0.05, 0.1) is 42.6 Å². The smallest absolute Gasteiger partial charge is 0.337 e. The molecule has 0 radical (unpaired) electrons. The van der Waals surface area contributed by atoms with Crippen molar-refractivity contribution in [1.29, 1.82) is 0 Å². The number of pyridine rings is 1. The Morgan fingerprint density at radius 1 is 1.14 bits per heavy atom. The number of carboxylic acids is 1. The highest BCUT2D eigenvalue weighted by Gasteiger charge is 2.33. The maximum absolute atomic E-state index is 13.0. The highest BCUT2D eigenvalue weighted by atomic mass is 16.4. The van der Waals surface area contributed by atoms with Crippen LogP contribution in [-0.2, 0) is 17.9 Å². The van der Waals surface area contributed by atoms with Gasteiger partial charge in [0.1, 0.15) is 5.69 Å². The Morgan fingerprint density at radius 2 is 1.93 bits per heavy atom. The van der Waals surface area contributed by atoms with E-state index in [1.54, 1.807) is 11.0 Å². The number of aromatic carboxylic acids is 1. The number of aliphatic hydroxyl groups is 1. The Hall–Kier alpha value is -3.52. The number of nitrogens with zero attached hydrogens (tertiary/aromatic N) is 3. The van der Waals surface area contributed by atoms with Crippen LogP contribution in [0.3, 0.4) is 0 Å². The summed E-state index contributed by atoms with van der Waals surface area (Å²) in [4.78, 5) is 29.8. The van der Waals surface area contributed by atoms with Gasteiger partial charge in [0, 0.05) is 11.8 Å². The third-order valence-electron chi connectivity index (χ3n) is 4.90.